The Morgan fingerprint density at radius 3 is 2.64 bits per heavy atom. The van der Waals surface area contributed by atoms with Gasteiger partial charge in [0.1, 0.15) is 0 Å². The molecule has 1 amide bonds. The van der Waals surface area contributed by atoms with Gasteiger partial charge < -0.3 is 10.3 Å². The molecule has 0 unspecified atom stereocenters. The minimum atomic E-state index is -1.61. The summed E-state index contributed by atoms with van der Waals surface area (Å²) in [5.41, 5.74) is 1.23. The fraction of sp³-hybridized carbons (Fsp3) is 0.0625. The summed E-state index contributed by atoms with van der Waals surface area (Å²) in [5, 5.41) is 3.12. The van der Waals surface area contributed by atoms with E-state index in [9.17, 15) is 18.0 Å². The zero-order chi connectivity index (χ0) is 15.7. The number of rotatable bonds is 3. The normalized spacial score (nSPS) is 10.9. The fourth-order valence-corrected chi connectivity index (χ4v) is 2.27. The van der Waals surface area contributed by atoms with Crippen LogP contribution in [0.2, 0.25) is 0 Å². The molecule has 1 aromatic heterocycles. The molecule has 0 fully saturated rings. The summed E-state index contributed by atoms with van der Waals surface area (Å²) >= 11 is 0. The number of halogens is 3. The van der Waals surface area contributed by atoms with E-state index in [-0.39, 0.29) is 12.1 Å². The Hall–Kier alpha value is -2.76. The zero-order valence-electron chi connectivity index (χ0n) is 11.3. The molecule has 6 heteroatoms. The monoisotopic (exact) mass is 304 g/mol. The van der Waals surface area contributed by atoms with Crippen LogP contribution in [-0.2, 0) is 11.2 Å². The summed E-state index contributed by atoms with van der Waals surface area (Å²) in [7, 11) is 0. The van der Waals surface area contributed by atoms with Gasteiger partial charge in [0.15, 0.2) is 17.5 Å². The minimum absolute atomic E-state index is 0.0115. The largest absolute Gasteiger partial charge is 0.361 e. The second-order valence-corrected chi connectivity index (χ2v) is 4.81. The lowest BCUT2D eigenvalue weighted by Crippen LogP contribution is -2.16. The van der Waals surface area contributed by atoms with E-state index in [2.05, 4.69) is 10.3 Å². The van der Waals surface area contributed by atoms with Crippen molar-refractivity contribution < 1.29 is 18.0 Å². The summed E-state index contributed by atoms with van der Waals surface area (Å²) in [5.74, 6) is -4.83. The summed E-state index contributed by atoms with van der Waals surface area (Å²) < 4.78 is 39.5. The molecule has 0 bridgehead atoms. The lowest BCUT2D eigenvalue weighted by atomic mass is 10.1. The number of benzene rings is 2. The molecule has 3 nitrogen and oxygen atoms in total. The molecule has 1 heterocycles. The number of para-hydroxylation sites is 1. The van der Waals surface area contributed by atoms with Crippen LogP contribution in [0.3, 0.4) is 0 Å². The Morgan fingerprint density at radius 1 is 1.05 bits per heavy atom. The molecular formula is C16H11F3N2O. The minimum Gasteiger partial charge on any atom is -0.361 e. The number of fused-ring (bicyclic) bond motifs is 1. The van der Waals surface area contributed by atoms with Crippen molar-refractivity contribution in [3.05, 3.63) is 65.6 Å². The highest BCUT2D eigenvalue weighted by Crippen LogP contribution is 2.21. The van der Waals surface area contributed by atoms with Crippen LogP contribution in [0.5, 0.6) is 0 Å². The van der Waals surface area contributed by atoms with Crippen LogP contribution in [0, 0.1) is 17.5 Å². The van der Waals surface area contributed by atoms with Gasteiger partial charge in [-0.3, -0.25) is 4.79 Å². The summed E-state index contributed by atoms with van der Waals surface area (Å²) in [6, 6.07) is 9.17. The number of hydrogen-bond donors (Lipinski definition) is 2. The van der Waals surface area contributed by atoms with E-state index in [0.29, 0.717) is 0 Å². The molecule has 0 spiro atoms. The van der Waals surface area contributed by atoms with Gasteiger partial charge in [-0.25, -0.2) is 13.2 Å². The summed E-state index contributed by atoms with van der Waals surface area (Å²) in [4.78, 5) is 15.0. The lowest BCUT2D eigenvalue weighted by Gasteiger charge is -2.07. The van der Waals surface area contributed by atoms with Crippen LogP contribution >= 0.6 is 0 Å². The molecule has 0 radical (unpaired) electrons. The topological polar surface area (TPSA) is 44.9 Å². The summed E-state index contributed by atoms with van der Waals surface area (Å²) in [6.07, 6.45) is 1.67. The van der Waals surface area contributed by atoms with Gasteiger partial charge >= 0.3 is 0 Å². The molecule has 2 aromatic carbocycles. The van der Waals surface area contributed by atoms with Crippen LogP contribution in [0.4, 0.5) is 18.9 Å². The van der Waals surface area contributed by atoms with Gasteiger partial charge in [-0.2, -0.15) is 0 Å². The first-order valence-electron chi connectivity index (χ1n) is 6.54. The zero-order valence-corrected chi connectivity index (χ0v) is 11.3. The third kappa shape index (κ3) is 2.55. The van der Waals surface area contributed by atoms with Gasteiger partial charge in [0, 0.05) is 17.1 Å². The maximum Gasteiger partial charge on any atom is 0.228 e. The number of H-pyrrole nitrogens is 1. The van der Waals surface area contributed by atoms with E-state index >= 15 is 0 Å². The van der Waals surface area contributed by atoms with Gasteiger partial charge in [-0.1, -0.05) is 18.2 Å². The van der Waals surface area contributed by atoms with Crippen LogP contribution in [0.1, 0.15) is 5.56 Å². The number of amides is 1. The number of anilines is 1. The van der Waals surface area contributed by atoms with E-state index in [0.717, 1.165) is 28.6 Å². The number of hydrogen-bond acceptors (Lipinski definition) is 1. The van der Waals surface area contributed by atoms with Crippen LogP contribution in [-0.4, -0.2) is 10.9 Å². The number of aromatic nitrogens is 1. The molecule has 112 valence electrons. The highest BCUT2D eigenvalue weighted by molar-refractivity contribution is 5.95. The predicted octanol–water partition coefficient (Wildman–Crippen LogP) is 3.77. The number of carbonyl (C=O) groups excluding carboxylic acids is 1. The first-order valence-corrected chi connectivity index (χ1v) is 6.54. The highest BCUT2D eigenvalue weighted by atomic mass is 19.2. The summed E-state index contributed by atoms with van der Waals surface area (Å²) in [6.45, 7) is 0. The smallest absolute Gasteiger partial charge is 0.228 e. The fourth-order valence-electron chi connectivity index (χ4n) is 2.27. The SMILES string of the molecule is O=C(Cc1c[nH]c2ccccc12)Nc1ccc(F)c(F)c1F. The average Bonchev–Trinajstić information content (AvgIpc) is 2.91. The molecule has 0 aliphatic rings. The van der Waals surface area contributed by atoms with Crippen molar-refractivity contribution in [2.24, 2.45) is 0 Å². The van der Waals surface area contributed by atoms with Gasteiger partial charge in [-0.15, -0.1) is 0 Å². The Bertz CT molecular complexity index is 858. The van der Waals surface area contributed by atoms with Crippen molar-refractivity contribution in [2.75, 3.05) is 5.32 Å². The van der Waals surface area contributed by atoms with Crippen molar-refractivity contribution in [1.82, 2.24) is 4.98 Å². The maximum absolute atomic E-state index is 13.5. The van der Waals surface area contributed by atoms with Crippen LogP contribution in [0.15, 0.2) is 42.6 Å². The van der Waals surface area contributed by atoms with Crippen LogP contribution < -0.4 is 5.32 Å². The molecule has 0 saturated carbocycles. The Morgan fingerprint density at radius 2 is 1.82 bits per heavy atom. The molecule has 2 N–H and O–H groups in total. The molecule has 0 aliphatic carbocycles. The quantitative estimate of drug-likeness (QED) is 0.711. The lowest BCUT2D eigenvalue weighted by molar-refractivity contribution is -0.115. The van der Waals surface area contributed by atoms with Crippen molar-refractivity contribution in [3.63, 3.8) is 0 Å². The first kappa shape index (κ1) is 14.2. The molecular weight excluding hydrogens is 293 g/mol. The average molecular weight is 304 g/mol. The molecule has 22 heavy (non-hydrogen) atoms. The van der Waals surface area contributed by atoms with E-state index in [1.165, 1.54) is 0 Å². The van der Waals surface area contributed by atoms with Gasteiger partial charge in [0.25, 0.3) is 0 Å². The molecule has 0 aliphatic heterocycles. The molecule has 0 saturated heterocycles. The molecule has 0 atom stereocenters. The first-order chi connectivity index (χ1) is 10.6. The van der Waals surface area contributed by atoms with E-state index in [4.69, 9.17) is 0 Å². The van der Waals surface area contributed by atoms with Crippen molar-refractivity contribution in [2.45, 2.75) is 6.42 Å². The van der Waals surface area contributed by atoms with E-state index < -0.39 is 23.4 Å². The second kappa shape index (κ2) is 5.55. The third-order valence-electron chi connectivity index (χ3n) is 3.34. The van der Waals surface area contributed by atoms with Crippen molar-refractivity contribution in [3.8, 4) is 0 Å². The number of aromatic amines is 1. The number of nitrogens with one attached hydrogen (secondary N) is 2. The number of carbonyl (C=O) groups is 1. The Labute approximate surface area is 123 Å². The molecule has 3 aromatic rings. The van der Waals surface area contributed by atoms with Crippen LogP contribution in [0.25, 0.3) is 10.9 Å². The third-order valence-corrected chi connectivity index (χ3v) is 3.34. The highest BCUT2D eigenvalue weighted by Gasteiger charge is 2.16. The van der Waals surface area contributed by atoms with E-state index in [1.807, 2.05) is 24.3 Å². The van der Waals surface area contributed by atoms with Crippen molar-refractivity contribution in [1.29, 1.82) is 0 Å². The van der Waals surface area contributed by atoms with Crippen molar-refractivity contribution >= 4 is 22.5 Å². The molecule has 3 rings (SSSR count). The Kier molecular flexibility index (Phi) is 3.58. The maximum atomic E-state index is 13.5. The van der Waals surface area contributed by atoms with Gasteiger partial charge in [0.05, 0.1) is 12.1 Å². The van der Waals surface area contributed by atoms with E-state index in [1.54, 1.807) is 6.20 Å². The standard InChI is InChI=1S/C16H11F3N2O/c17-11-5-6-13(16(19)15(11)18)21-14(22)7-9-8-20-12-4-2-1-3-10(9)12/h1-6,8,20H,7H2,(H,21,22). The second-order valence-electron chi connectivity index (χ2n) is 4.81. The van der Waals surface area contributed by atoms with Gasteiger partial charge in [0.2, 0.25) is 5.91 Å². The van der Waals surface area contributed by atoms with Gasteiger partial charge in [-0.05, 0) is 23.8 Å². The predicted molar refractivity (Wildman–Crippen MR) is 76.9 cm³/mol. The Balaban J connectivity index is 1.80.